The first-order valence-electron chi connectivity index (χ1n) is 11.9. The first kappa shape index (κ1) is 19.3. The Kier molecular flexibility index (Phi) is 4.22. The maximum absolute atomic E-state index is 3.65. The summed E-state index contributed by atoms with van der Waals surface area (Å²) < 4.78 is 4.40. The molecule has 1 heterocycles. The fourth-order valence-electron chi connectivity index (χ4n) is 5.68. The van der Waals surface area contributed by atoms with Crippen molar-refractivity contribution < 1.29 is 4.57 Å². The van der Waals surface area contributed by atoms with Gasteiger partial charge in [-0.15, -0.1) is 0 Å². The molecule has 0 atom stereocenters. The number of nitrogens with zero attached hydrogens (tertiary/aromatic N) is 2. The van der Waals surface area contributed by atoms with E-state index in [1.165, 1.54) is 49.9 Å². The van der Waals surface area contributed by atoms with Crippen molar-refractivity contribution in [1.82, 2.24) is 4.57 Å². The molecule has 0 unspecified atom stereocenters. The van der Waals surface area contributed by atoms with Gasteiger partial charge in [0, 0.05) is 0 Å². The number of benzene rings is 4. The number of allylic oxidation sites excluding steroid dienone is 3. The number of hydrogen-bond acceptors (Lipinski definition) is 0. The lowest BCUT2D eigenvalue weighted by atomic mass is 9.81. The Labute approximate surface area is 199 Å². The van der Waals surface area contributed by atoms with Gasteiger partial charge in [0.15, 0.2) is 0 Å². The normalized spacial score (nSPS) is 13.9. The van der Waals surface area contributed by atoms with E-state index >= 15 is 0 Å². The predicted octanol–water partition coefficient (Wildman–Crippen LogP) is 6.95. The highest BCUT2D eigenvalue weighted by Gasteiger charge is 2.23. The molecule has 2 aliphatic rings. The van der Waals surface area contributed by atoms with Gasteiger partial charge in [-0.05, 0) is 57.0 Å². The van der Waals surface area contributed by atoms with E-state index < -0.39 is 0 Å². The summed E-state index contributed by atoms with van der Waals surface area (Å²) in [4.78, 5) is 0. The van der Waals surface area contributed by atoms with E-state index in [1.807, 2.05) is 0 Å². The summed E-state index contributed by atoms with van der Waals surface area (Å²) in [5, 5.41) is 2.70. The van der Waals surface area contributed by atoms with Gasteiger partial charge in [-0.25, -0.2) is 0 Å². The van der Waals surface area contributed by atoms with Gasteiger partial charge in [0.1, 0.15) is 0 Å². The molecule has 0 fully saturated rings. The molecule has 0 N–H and O–H groups in total. The smallest absolute Gasteiger partial charge is 0.244 e. The first-order valence-corrected chi connectivity index (χ1v) is 11.9. The Morgan fingerprint density at radius 2 is 1.56 bits per heavy atom. The van der Waals surface area contributed by atoms with Crippen molar-refractivity contribution >= 4 is 22.4 Å². The molecular formula is C32H24N2. The Morgan fingerprint density at radius 1 is 0.794 bits per heavy atom. The highest BCUT2D eigenvalue weighted by molar-refractivity contribution is 6.06. The van der Waals surface area contributed by atoms with E-state index in [0.29, 0.717) is 0 Å². The van der Waals surface area contributed by atoms with Crippen LogP contribution in [0.2, 0.25) is 0 Å². The first-order chi connectivity index (χ1) is 16.8. The van der Waals surface area contributed by atoms with E-state index in [4.69, 9.17) is 0 Å². The van der Waals surface area contributed by atoms with Crippen LogP contribution < -0.4 is 4.57 Å². The maximum atomic E-state index is 3.65. The van der Waals surface area contributed by atoms with Gasteiger partial charge in [0.05, 0.1) is 24.1 Å². The summed E-state index contributed by atoms with van der Waals surface area (Å²) in [6, 6.07) is 30.5. The summed E-state index contributed by atoms with van der Waals surface area (Å²) in [5.74, 6) is 0. The van der Waals surface area contributed by atoms with Gasteiger partial charge < -0.3 is 9.13 Å². The Bertz CT molecular complexity index is 1630. The van der Waals surface area contributed by atoms with E-state index in [0.717, 1.165) is 24.2 Å². The molecule has 0 aliphatic heterocycles. The zero-order valence-electron chi connectivity index (χ0n) is 19.1. The van der Waals surface area contributed by atoms with E-state index in [9.17, 15) is 0 Å². The molecular weight excluding hydrogens is 412 g/mol. The van der Waals surface area contributed by atoms with Crippen LogP contribution >= 0.6 is 0 Å². The van der Waals surface area contributed by atoms with Crippen molar-refractivity contribution in [3.8, 4) is 28.2 Å². The summed E-state index contributed by atoms with van der Waals surface area (Å²) in [6.07, 6.45) is 12.6. The van der Waals surface area contributed by atoms with Gasteiger partial charge in [-0.2, -0.15) is 0 Å². The number of rotatable bonds is 3. The topological polar surface area (TPSA) is 8.81 Å². The van der Waals surface area contributed by atoms with Gasteiger partial charge in [-0.1, -0.05) is 103 Å². The summed E-state index contributed by atoms with van der Waals surface area (Å²) >= 11 is 0. The van der Waals surface area contributed by atoms with Crippen molar-refractivity contribution in [2.75, 3.05) is 0 Å². The standard InChI is InChI=1S/C32H24N2/c1-33-21-34(32(26-11-6-3-7-12-26)31(33)25-9-4-2-5-10-25)28-20-18-24-16-15-22-13-8-14-23-17-19-27(28)30(24)29(22)23/h2-12,14-15,17-20H,13,16H2,1H3. The summed E-state index contributed by atoms with van der Waals surface area (Å²) in [6.45, 7) is 0. The van der Waals surface area contributed by atoms with Crippen LogP contribution in [0.3, 0.4) is 0 Å². The van der Waals surface area contributed by atoms with Crippen LogP contribution in [0.4, 0.5) is 0 Å². The van der Waals surface area contributed by atoms with Crippen molar-refractivity contribution in [3.63, 3.8) is 0 Å². The fraction of sp³-hybridized carbons (Fsp3) is 0.0938. The van der Waals surface area contributed by atoms with E-state index in [2.05, 4.69) is 126 Å². The monoisotopic (exact) mass is 436 g/mol. The van der Waals surface area contributed by atoms with Crippen molar-refractivity contribution in [2.45, 2.75) is 12.8 Å². The predicted molar refractivity (Wildman–Crippen MR) is 139 cm³/mol. The zero-order chi connectivity index (χ0) is 22.6. The molecule has 34 heavy (non-hydrogen) atoms. The third kappa shape index (κ3) is 2.78. The number of hydrogen-bond donors (Lipinski definition) is 0. The average Bonchev–Trinajstić information content (AvgIpc) is 3.25. The van der Waals surface area contributed by atoms with Gasteiger partial charge >= 0.3 is 0 Å². The summed E-state index contributed by atoms with van der Waals surface area (Å²) in [7, 11) is 2.10. The second-order valence-electron chi connectivity index (χ2n) is 9.16. The Hall–Kier alpha value is -4.17. The highest BCUT2D eigenvalue weighted by atomic mass is 15.1. The van der Waals surface area contributed by atoms with Crippen molar-refractivity contribution in [3.05, 3.63) is 120 Å². The fourth-order valence-corrected chi connectivity index (χ4v) is 5.68. The van der Waals surface area contributed by atoms with Gasteiger partial charge in [0.25, 0.3) is 0 Å². The average molecular weight is 437 g/mol. The van der Waals surface area contributed by atoms with Crippen LogP contribution in [0, 0.1) is 6.33 Å². The SMILES string of the molecule is C[n+]1[c-]n(-c2ccc3c4c5c(ccc24)C=CCC5=CC3)c(-c2ccccc2)c1-c1ccccc1. The Morgan fingerprint density at radius 3 is 2.35 bits per heavy atom. The van der Waals surface area contributed by atoms with Gasteiger partial charge in [0.2, 0.25) is 6.33 Å². The molecule has 162 valence electrons. The highest BCUT2D eigenvalue weighted by Crippen LogP contribution is 2.43. The molecule has 5 aromatic rings. The van der Waals surface area contributed by atoms with Crippen LogP contribution in [-0.4, -0.2) is 4.57 Å². The molecule has 2 heteroatoms. The molecule has 2 aliphatic carbocycles. The number of aryl methyl sites for hydroxylation is 1. The van der Waals surface area contributed by atoms with Crippen LogP contribution in [0.25, 0.3) is 50.6 Å². The van der Waals surface area contributed by atoms with Crippen LogP contribution in [-0.2, 0) is 13.5 Å². The maximum Gasteiger partial charge on any atom is 0.244 e. The van der Waals surface area contributed by atoms with E-state index in [-0.39, 0.29) is 0 Å². The minimum Gasteiger partial charge on any atom is -0.318 e. The molecule has 1 aromatic heterocycles. The lowest BCUT2D eigenvalue weighted by Crippen LogP contribution is -2.28. The molecule has 2 nitrogen and oxygen atoms in total. The van der Waals surface area contributed by atoms with Crippen molar-refractivity contribution in [1.29, 1.82) is 0 Å². The lowest BCUT2D eigenvalue weighted by Gasteiger charge is -2.25. The Balaban J connectivity index is 1.57. The molecule has 0 saturated heterocycles. The lowest BCUT2D eigenvalue weighted by molar-refractivity contribution is -0.664. The van der Waals surface area contributed by atoms with Crippen LogP contribution in [0.5, 0.6) is 0 Å². The third-order valence-corrected chi connectivity index (χ3v) is 7.17. The number of imidazole rings is 1. The molecule has 0 bridgehead atoms. The largest absolute Gasteiger partial charge is 0.318 e. The van der Waals surface area contributed by atoms with E-state index in [1.54, 1.807) is 0 Å². The quantitative estimate of drug-likeness (QED) is 0.214. The molecule has 0 amide bonds. The molecule has 0 saturated carbocycles. The minimum atomic E-state index is 1.00. The van der Waals surface area contributed by atoms with Gasteiger partial charge in [-0.3, -0.25) is 0 Å². The summed E-state index contributed by atoms with van der Waals surface area (Å²) in [5.41, 5.74) is 11.5. The third-order valence-electron chi connectivity index (χ3n) is 7.17. The number of aromatic nitrogens is 2. The minimum absolute atomic E-state index is 1.00. The van der Waals surface area contributed by atoms with Crippen molar-refractivity contribution in [2.24, 2.45) is 7.05 Å². The second-order valence-corrected chi connectivity index (χ2v) is 9.16. The molecule has 4 aromatic carbocycles. The van der Waals surface area contributed by atoms with Crippen LogP contribution in [0.15, 0.2) is 97.1 Å². The zero-order valence-corrected chi connectivity index (χ0v) is 19.1. The molecule has 0 spiro atoms. The second kappa shape index (κ2) is 7.43. The molecule has 0 radical (unpaired) electrons. The molecule has 7 rings (SSSR count). The van der Waals surface area contributed by atoms with Crippen LogP contribution in [0.1, 0.15) is 23.1 Å².